The van der Waals surface area contributed by atoms with Crippen molar-refractivity contribution in [2.45, 2.75) is 43.0 Å². The van der Waals surface area contributed by atoms with Gasteiger partial charge < -0.3 is 9.88 Å². The molecule has 1 aromatic heterocycles. The predicted octanol–water partition coefficient (Wildman–Crippen LogP) is 4.10. The van der Waals surface area contributed by atoms with Crippen molar-refractivity contribution in [1.82, 2.24) is 14.9 Å². The van der Waals surface area contributed by atoms with Gasteiger partial charge in [0.2, 0.25) is 5.91 Å². The minimum Gasteiger partial charge on any atom is -0.342 e. The van der Waals surface area contributed by atoms with Crippen LogP contribution < -0.4 is 0 Å². The highest BCUT2D eigenvalue weighted by Gasteiger charge is 2.23. The first-order chi connectivity index (χ1) is 11.6. The number of carbonyl (C=O) groups is 1. The molecule has 6 heteroatoms. The van der Waals surface area contributed by atoms with Crippen LogP contribution in [0, 0.1) is 5.82 Å². The Morgan fingerprint density at radius 1 is 1.21 bits per heavy atom. The van der Waals surface area contributed by atoms with Crippen molar-refractivity contribution in [2.24, 2.45) is 0 Å². The molecule has 0 aliphatic carbocycles. The van der Waals surface area contributed by atoms with Crippen LogP contribution in [0.3, 0.4) is 0 Å². The second-order valence-electron chi connectivity index (χ2n) is 6.11. The number of likely N-dealkylation sites (tertiary alicyclic amines) is 1. The van der Waals surface area contributed by atoms with Crippen LogP contribution in [0.1, 0.15) is 32.6 Å². The maximum Gasteiger partial charge on any atom is 0.235 e. The van der Waals surface area contributed by atoms with Gasteiger partial charge in [0.25, 0.3) is 0 Å². The number of hydrogen-bond donors (Lipinski definition) is 1. The van der Waals surface area contributed by atoms with Crippen LogP contribution in [0.2, 0.25) is 0 Å². The maximum atomic E-state index is 13.0. The normalized spacial score (nSPS) is 16.7. The maximum absolute atomic E-state index is 13.0. The van der Waals surface area contributed by atoms with E-state index in [4.69, 9.17) is 0 Å². The molecule has 0 bridgehead atoms. The molecule has 1 aliphatic heterocycles. The third-order valence-electron chi connectivity index (χ3n) is 4.26. The molecule has 0 saturated carbocycles. The van der Waals surface area contributed by atoms with Crippen molar-refractivity contribution in [3.8, 4) is 11.3 Å². The minimum absolute atomic E-state index is 0.171. The number of imidazole rings is 1. The summed E-state index contributed by atoms with van der Waals surface area (Å²) in [6, 6.07) is 6.27. The summed E-state index contributed by atoms with van der Waals surface area (Å²) in [5, 5.41) is 0.542. The fourth-order valence-corrected chi connectivity index (χ4v) is 3.77. The highest BCUT2D eigenvalue weighted by molar-refractivity contribution is 8.00. The fourth-order valence-electron chi connectivity index (χ4n) is 2.91. The number of benzene rings is 1. The van der Waals surface area contributed by atoms with Crippen molar-refractivity contribution < 1.29 is 9.18 Å². The molecule has 1 saturated heterocycles. The highest BCUT2D eigenvalue weighted by atomic mass is 32.2. The lowest BCUT2D eigenvalue weighted by molar-refractivity contribution is -0.130. The zero-order chi connectivity index (χ0) is 16.9. The first kappa shape index (κ1) is 17.0. The summed E-state index contributed by atoms with van der Waals surface area (Å²) in [6.07, 6.45) is 6.34. The second kappa shape index (κ2) is 7.83. The van der Waals surface area contributed by atoms with E-state index in [1.54, 1.807) is 18.3 Å². The number of amides is 1. The van der Waals surface area contributed by atoms with Gasteiger partial charge in [-0.1, -0.05) is 24.6 Å². The molecule has 1 amide bonds. The van der Waals surface area contributed by atoms with Gasteiger partial charge in [0.1, 0.15) is 5.82 Å². The SMILES string of the molecule is C[C@@H](Sc1ncc(-c2ccc(F)cc2)[nH]1)C(=O)N1CCCCCC1. The Labute approximate surface area is 145 Å². The average Bonchev–Trinajstić information content (AvgIpc) is 2.88. The average molecular weight is 347 g/mol. The molecule has 1 atom stereocenters. The van der Waals surface area contributed by atoms with Crippen LogP contribution in [0.4, 0.5) is 4.39 Å². The van der Waals surface area contributed by atoms with E-state index in [-0.39, 0.29) is 17.0 Å². The van der Waals surface area contributed by atoms with Gasteiger partial charge in [-0.25, -0.2) is 9.37 Å². The topological polar surface area (TPSA) is 49.0 Å². The van der Waals surface area contributed by atoms with Crippen LogP contribution in [-0.2, 0) is 4.79 Å². The summed E-state index contributed by atoms with van der Waals surface area (Å²) in [5.41, 5.74) is 1.70. The Bertz CT molecular complexity index is 678. The number of halogens is 1. The van der Waals surface area contributed by atoms with Gasteiger partial charge in [-0.15, -0.1) is 0 Å². The fraction of sp³-hybridized carbons (Fsp3) is 0.444. The molecule has 4 nitrogen and oxygen atoms in total. The zero-order valence-corrected chi connectivity index (χ0v) is 14.6. The third-order valence-corrected chi connectivity index (χ3v) is 5.25. The van der Waals surface area contributed by atoms with E-state index in [0.29, 0.717) is 5.16 Å². The molecule has 0 unspecified atom stereocenters. The van der Waals surface area contributed by atoms with Gasteiger partial charge in [-0.2, -0.15) is 0 Å². The number of nitrogens with zero attached hydrogens (tertiary/aromatic N) is 2. The highest BCUT2D eigenvalue weighted by Crippen LogP contribution is 2.26. The van der Waals surface area contributed by atoms with Gasteiger partial charge in [0.05, 0.1) is 17.1 Å². The lowest BCUT2D eigenvalue weighted by Gasteiger charge is -2.23. The smallest absolute Gasteiger partial charge is 0.235 e. The van der Waals surface area contributed by atoms with Crippen molar-refractivity contribution in [2.75, 3.05) is 13.1 Å². The molecule has 1 N–H and O–H groups in total. The van der Waals surface area contributed by atoms with E-state index in [0.717, 1.165) is 37.2 Å². The molecule has 1 aliphatic rings. The molecule has 0 spiro atoms. The Hall–Kier alpha value is -1.82. The number of rotatable bonds is 4. The molecule has 24 heavy (non-hydrogen) atoms. The van der Waals surface area contributed by atoms with Gasteiger partial charge in [-0.3, -0.25) is 4.79 Å². The molecule has 0 radical (unpaired) electrons. The lowest BCUT2D eigenvalue weighted by atomic mass is 10.2. The molecule has 2 aromatic rings. The van der Waals surface area contributed by atoms with Crippen molar-refractivity contribution in [3.05, 3.63) is 36.3 Å². The van der Waals surface area contributed by atoms with E-state index in [1.807, 2.05) is 11.8 Å². The van der Waals surface area contributed by atoms with Crippen LogP contribution >= 0.6 is 11.8 Å². The quantitative estimate of drug-likeness (QED) is 0.847. The summed E-state index contributed by atoms with van der Waals surface area (Å²) in [5.74, 6) is -0.0776. The number of aromatic amines is 1. The van der Waals surface area contributed by atoms with Crippen molar-refractivity contribution >= 4 is 17.7 Å². The Kier molecular flexibility index (Phi) is 5.56. The number of hydrogen-bond acceptors (Lipinski definition) is 3. The molecule has 1 fully saturated rings. The van der Waals surface area contributed by atoms with Gasteiger partial charge >= 0.3 is 0 Å². The van der Waals surface area contributed by atoms with Crippen LogP contribution in [0.15, 0.2) is 35.6 Å². The van der Waals surface area contributed by atoms with Crippen LogP contribution in [0.5, 0.6) is 0 Å². The van der Waals surface area contributed by atoms with E-state index < -0.39 is 0 Å². The minimum atomic E-state index is -0.260. The van der Waals surface area contributed by atoms with Crippen molar-refractivity contribution in [1.29, 1.82) is 0 Å². The molecular formula is C18H22FN3OS. The molecule has 1 aromatic carbocycles. The number of nitrogens with one attached hydrogen (secondary N) is 1. The largest absolute Gasteiger partial charge is 0.342 e. The van der Waals surface area contributed by atoms with Gasteiger partial charge in [-0.05, 0) is 49.6 Å². The number of carbonyl (C=O) groups excluding carboxylic acids is 1. The first-order valence-electron chi connectivity index (χ1n) is 8.40. The van der Waals surface area contributed by atoms with E-state index in [2.05, 4.69) is 9.97 Å². The van der Waals surface area contributed by atoms with Gasteiger partial charge in [0, 0.05) is 13.1 Å². The number of thioether (sulfide) groups is 1. The Morgan fingerprint density at radius 3 is 2.54 bits per heavy atom. The molecule has 2 heterocycles. The van der Waals surface area contributed by atoms with E-state index >= 15 is 0 Å². The van der Waals surface area contributed by atoms with Gasteiger partial charge in [0.15, 0.2) is 5.16 Å². The number of aromatic nitrogens is 2. The summed E-state index contributed by atoms with van der Waals surface area (Å²) >= 11 is 1.44. The monoisotopic (exact) mass is 347 g/mol. The molecular weight excluding hydrogens is 325 g/mol. The van der Waals surface area contributed by atoms with E-state index in [9.17, 15) is 9.18 Å². The Balaban J connectivity index is 1.63. The summed E-state index contributed by atoms with van der Waals surface area (Å²) in [4.78, 5) is 22.1. The predicted molar refractivity (Wildman–Crippen MR) is 94.3 cm³/mol. The zero-order valence-electron chi connectivity index (χ0n) is 13.8. The second-order valence-corrected chi connectivity index (χ2v) is 7.44. The summed E-state index contributed by atoms with van der Waals surface area (Å²) in [7, 11) is 0. The lowest BCUT2D eigenvalue weighted by Crippen LogP contribution is -2.37. The summed E-state index contributed by atoms with van der Waals surface area (Å²) in [6.45, 7) is 3.66. The molecule has 128 valence electrons. The summed E-state index contributed by atoms with van der Waals surface area (Å²) < 4.78 is 13.0. The third kappa shape index (κ3) is 4.17. The standard InChI is InChI=1S/C18H22FN3OS/c1-13(17(23)22-10-4-2-3-5-11-22)24-18-20-12-16(21-18)14-6-8-15(19)9-7-14/h6-9,12-13H,2-5,10-11H2,1H3,(H,20,21)/t13-/m1/s1. The van der Waals surface area contributed by atoms with Crippen LogP contribution in [0.25, 0.3) is 11.3 Å². The molecule has 3 rings (SSSR count). The first-order valence-corrected chi connectivity index (χ1v) is 9.28. The van der Waals surface area contributed by atoms with Crippen LogP contribution in [-0.4, -0.2) is 39.1 Å². The van der Waals surface area contributed by atoms with Crippen molar-refractivity contribution in [3.63, 3.8) is 0 Å². The number of H-pyrrole nitrogens is 1. The van der Waals surface area contributed by atoms with E-state index in [1.165, 1.54) is 36.7 Å². The Morgan fingerprint density at radius 2 is 1.88 bits per heavy atom.